The molecule has 0 saturated heterocycles. The van der Waals surface area contributed by atoms with Crippen molar-refractivity contribution in [2.75, 3.05) is 26.0 Å². The minimum absolute atomic E-state index is 0.394. The van der Waals surface area contributed by atoms with Crippen molar-refractivity contribution < 1.29 is 0 Å². The van der Waals surface area contributed by atoms with Gasteiger partial charge < -0.3 is 10.2 Å². The van der Waals surface area contributed by atoms with Crippen molar-refractivity contribution in [1.82, 2.24) is 19.5 Å². The van der Waals surface area contributed by atoms with Crippen molar-refractivity contribution in [3.05, 3.63) is 24.7 Å². The van der Waals surface area contributed by atoms with Crippen LogP contribution < -0.4 is 5.32 Å². The van der Waals surface area contributed by atoms with Gasteiger partial charge in [0, 0.05) is 18.4 Å². The highest BCUT2D eigenvalue weighted by Gasteiger charge is 2.07. The van der Waals surface area contributed by atoms with Gasteiger partial charge in [-0.05, 0) is 40.1 Å². The van der Waals surface area contributed by atoms with E-state index in [1.165, 1.54) is 0 Å². The molecule has 0 radical (unpaired) electrons. The fraction of sp³-hybridized carbons (Fsp3) is 0.500. The molecule has 2 aromatic rings. The molecule has 0 saturated carbocycles. The number of anilines is 1. The molecule has 2 heterocycles. The normalized spacial score (nSPS) is 13.2. The van der Waals surface area contributed by atoms with Gasteiger partial charge in [0.05, 0.1) is 6.20 Å². The van der Waals surface area contributed by atoms with Gasteiger partial charge in [-0.25, -0.2) is 9.50 Å². The first kappa shape index (κ1) is 11.9. The quantitative estimate of drug-likeness (QED) is 0.849. The zero-order valence-electron chi connectivity index (χ0n) is 10.6. The zero-order chi connectivity index (χ0) is 12.3. The second-order valence-corrected chi connectivity index (χ2v) is 4.57. The van der Waals surface area contributed by atoms with Gasteiger partial charge in [0.15, 0.2) is 5.82 Å². The largest absolute Gasteiger partial charge is 0.366 e. The highest BCUT2D eigenvalue weighted by molar-refractivity contribution is 5.66. The van der Waals surface area contributed by atoms with E-state index in [0.717, 1.165) is 24.3 Å². The fourth-order valence-corrected chi connectivity index (χ4v) is 1.73. The summed E-state index contributed by atoms with van der Waals surface area (Å²) in [5, 5.41) is 7.62. The standard InChI is InChI=1S/C12H19N5/c1-10(5-8-16(2)3)15-12-11-4-6-14-17(11)9-7-13-12/h4,6-7,9-10H,5,8H2,1-3H3,(H,13,15). The van der Waals surface area contributed by atoms with Gasteiger partial charge in [0.2, 0.25) is 0 Å². The van der Waals surface area contributed by atoms with E-state index in [4.69, 9.17) is 0 Å². The van der Waals surface area contributed by atoms with Crippen molar-refractivity contribution in [3.8, 4) is 0 Å². The Morgan fingerprint density at radius 1 is 1.41 bits per heavy atom. The molecule has 1 N–H and O–H groups in total. The molecule has 0 aliphatic heterocycles. The van der Waals surface area contributed by atoms with Crippen molar-refractivity contribution in [2.24, 2.45) is 0 Å². The molecule has 0 fully saturated rings. The molecule has 0 amide bonds. The van der Waals surface area contributed by atoms with Gasteiger partial charge in [-0.3, -0.25) is 0 Å². The fourth-order valence-electron chi connectivity index (χ4n) is 1.73. The third-order valence-corrected chi connectivity index (χ3v) is 2.72. The highest BCUT2D eigenvalue weighted by atomic mass is 15.2. The molecule has 2 aromatic heterocycles. The van der Waals surface area contributed by atoms with Gasteiger partial charge in [-0.15, -0.1) is 0 Å². The van der Waals surface area contributed by atoms with Crippen LogP contribution in [-0.2, 0) is 0 Å². The molecular weight excluding hydrogens is 214 g/mol. The summed E-state index contributed by atoms with van der Waals surface area (Å²) in [6.07, 6.45) is 6.49. The van der Waals surface area contributed by atoms with E-state index in [1.54, 1.807) is 12.4 Å². The zero-order valence-corrected chi connectivity index (χ0v) is 10.6. The Bertz CT molecular complexity index is 476. The lowest BCUT2D eigenvalue weighted by Crippen LogP contribution is -2.23. The van der Waals surface area contributed by atoms with Crippen LogP contribution in [0.2, 0.25) is 0 Å². The van der Waals surface area contributed by atoms with Crippen LogP contribution in [0.3, 0.4) is 0 Å². The molecule has 2 rings (SSSR count). The van der Waals surface area contributed by atoms with Crippen LogP contribution in [0, 0.1) is 0 Å². The van der Waals surface area contributed by atoms with Crippen LogP contribution in [0.1, 0.15) is 13.3 Å². The van der Waals surface area contributed by atoms with Crippen LogP contribution in [-0.4, -0.2) is 46.2 Å². The highest BCUT2D eigenvalue weighted by Crippen LogP contribution is 2.14. The molecular formula is C12H19N5. The maximum atomic E-state index is 4.36. The number of nitrogens with zero attached hydrogens (tertiary/aromatic N) is 4. The summed E-state index contributed by atoms with van der Waals surface area (Å²) >= 11 is 0. The minimum Gasteiger partial charge on any atom is -0.366 e. The van der Waals surface area contributed by atoms with Crippen molar-refractivity contribution in [1.29, 1.82) is 0 Å². The summed E-state index contributed by atoms with van der Waals surface area (Å²) in [5.74, 6) is 0.899. The number of nitrogens with one attached hydrogen (secondary N) is 1. The second-order valence-electron chi connectivity index (χ2n) is 4.57. The molecule has 0 aromatic carbocycles. The third-order valence-electron chi connectivity index (χ3n) is 2.72. The molecule has 17 heavy (non-hydrogen) atoms. The summed E-state index contributed by atoms with van der Waals surface area (Å²) in [4.78, 5) is 6.55. The average Bonchev–Trinajstić information content (AvgIpc) is 2.75. The SMILES string of the molecule is CC(CCN(C)C)Nc1nccn2nccc12. The van der Waals surface area contributed by atoms with Gasteiger partial charge in [-0.1, -0.05) is 0 Å². The van der Waals surface area contributed by atoms with Crippen LogP contribution in [0.15, 0.2) is 24.7 Å². The number of hydrogen-bond donors (Lipinski definition) is 1. The van der Waals surface area contributed by atoms with Crippen molar-refractivity contribution in [2.45, 2.75) is 19.4 Å². The smallest absolute Gasteiger partial charge is 0.152 e. The molecule has 0 bridgehead atoms. The van der Waals surface area contributed by atoms with E-state index < -0.39 is 0 Å². The van der Waals surface area contributed by atoms with E-state index in [9.17, 15) is 0 Å². The van der Waals surface area contributed by atoms with E-state index in [0.29, 0.717) is 6.04 Å². The molecule has 5 nitrogen and oxygen atoms in total. The van der Waals surface area contributed by atoms with Crippen LogP contribution in [0.4, 0.5) is 5.82 Å². The van der Waals surface area contributed by atoms with E-state index in [-0.39, 0.29) is 0 Å². The Hall–Kier alpha value is -1.62. The number of hydrogen-bond acceptors (Lipinski definition) is 4. The predicted molar refractivity (Wildman–Crippen MR) is 69.2 cm³/mol. The lowest BCUT2D eigenvalue weighted by Gasteiger charge is -2.17. The van der Waals surface area contributed by atoms with Crippen LogP contribution in [0.25, 0.3) is 5.52 Å². The molecule has 5 heteroatoms. The number of aromatic nitrogens is 3. The first-order chi connectivity index (χ1) is 8.16. The van der Waals surface area contributed by atoms with Gasteiger partial charge in [-0.2, -0.15) is 5.10 Å². The summed E-state index contributed by atoms with van der Waals surface area (Å²) < 4.78 is 1.83. The Morgan fingerprint density at radius 2 is 2.24 bits per heavy atom. The Kier molecular flexibility index (Phi) is 3.58. The molecule has 92 valence electrons. The van der Waals surface area contributed by atoms with E-state index >= 15 is 0 Å². The van der Waals surface area contributed by atoms with E-state index in [2.05, 4.69) is 41.3 Å². The molecule has 1 unspecified atom stereocenters. The van der Waals surface area contributed by atoms with Crippen LogP contribution in [0.5, 0.6) is 0 Å². The maximum Gasteiger partial charge on any atom is 0.152 e. The molecule has 0 spiro atoms. The second kappa shape index (κ2) is 5.14. The van der Waals surface area contributed by atoms with Crippen LogP contribution >= 0.6 is 0 Å². The Morgan fingerprint density at radius 3 is 3.00 bits per heavy atom. The monoisotopic (exact) mass is 233 g/mol. The Labute approximate surface area is 101 Å². The predicted octanol–water partition coefficient (Wildman–Crippen LogP) is 1.48. The third kappa shape index (κ3) is 2.94. The number of fused-ring (bicyclic) bond motifs is 1. The maximum absolute atomic E-state index is 4.36. The van der Waals surface area contributed by atoms with E-state index in [1.807, 2.05) is 16.8 Å². The van der Waals surface area contributed by atoms with Gasteiger partial charge in [0.25, 0.3) is 0 Å². The topological polar surface area (TPSA) is 45.5 Å². The molecule has 0 aliphatic rings. The van der Waals surface area contributed by atoms with Gasteiger partial charge in [0.1, 0.15) is 5.52 Å². The molecule has 1 atom stereocenters. The first-order valence-corrected chi connectivity index (χ1v) is 5.86. The summed E-state index contributed by atoms with van der Waals surface area (Å²) in [6.45, 7) is 3.24. The first-order valence-electron chi connectivity index (χ1n) is 5.86. The minimum atomic E-state index is 0.394. The lowest BCUT2D eigenvalue weighted by molar-refractivity contribution is 0.390. The summed E-state index contributed by atoms with van der Waals surface area (Å²) in [6, 6.07) is 2.36. The number of rotatable bonds is 5. The lowest BCUT2D eigenvalue weighted by atomic mass is 10.2. The average molecular weight is 233 g/mol. The molecule has 0 aliphatic carbocycles. The van der Waals surface area contributed by atoms with Crippen molar-refractivity contribution in [3.63, 3.8) is 0 Å². The summed E-state index contributed by atoms with van der Waals surface area (Å²) in [7, 11) is 4.17. The van der Waals surface area contributed by atoms with Gasteiger partial charge >= 0.3 is 0 Å². The van der Waals surface area contributed by atoms with Crippen molar-refractivity contribution >= 4 is 11.3 Å². The Balaban J connectivity index is 2.05. The summed E-state index contributed by atoms with van der Waals surface area (Å²) in [5.41, 5.74) is 1.02.